The second-order valence-electron chi connectivity index (χ2n) is 7.36. The van der Waals surface area contributed by atoms with Gasteiger partial charge < -0.3 is 21.4 Å². The average molecular weight is 356 g/mol. The first-order valence-corrected chi connectivity index (χ1v) is 9.36. The molecule has 1 aliphatic carbocycles. The van der Waals surface area contributed by atoms with Crippen LogP contribution in [0.5, 0.6) is 0 Å². The molecular formula is C20H28N4O2. The third-order valence-corrected chi connectivity index (χ3v) is 5.11. The summed E-state index contributed by atoms with van der Waals surface area (Å²) in [6.45, 7) is 4.48. The molecule has 1 aromatic heterocycles. The van der Waals surface area contributed by atoms with E-state index >= 15 is 0 Å². The monoisotopic (exact) mass is 356 g/mol. The third-order valence-electron chi connectivity index (χ3n) is 5.11. The fourth-order valence-electron chi connectivity index (χ4n) is 3.81. The van der Waals surface area contributed by atoms with Crippen molar-refractivity contribution in [2.45, 2.75) is 58.0 Å². The number of aromatic amines is 1. The van der Waals surface area contributed by atoms with Crippen molar-refractivity contribution < 1.29 is 9.59 Å². The Morgan fingerprint density at radius 2 is 1.73 bits per heavy atom. The highest BCUT2D eigenvalue weighted by atomic mass is 16.2. The third kappa shape index (κ3) is 4.25. The summed E-state index contributed by atoms with van der Waals surface area (Å²) in [5.74, 6) is -0.0439. The standard InChI is InChI=1S/C20H28N4O2/c1-12-9-13(2)19-14(10-12)11-17(24-19)20(26)23-16-5-3-15(4-6-16)22-18(25)7-8-21/h9-11,15-16,24H,3-8,21H2,1-2H3,(H,22,25)(H,23,26)/t15-,16-. The van der Waals surface area contributed by atoms with E-state index in [1.165, 1.54) is 5.56 Å². The lowest BCUT2D eigenvalue weighted by atomic mass is 9.91. The summed E-state index contributed by atoms with van der Waals surface area (Å²) in [4.78, 5) is 27.5. The lowest BCUT2D eigenvalue weighted by Crippen LogP contribution is -2.44. The fourth-order valence-corrected chi connectivity index (χ4v) is 3.81. The molecule has 1 aliphatic rings. The van der Waals surface area contributed by atoms with E-state index in [-0.39, 0.29) is 23.9 Å². The molecule has 1 fully saturated rings. The molecule has 1 saturated carbocycles. The zero-order valence-corrected chi connectivity index (χ0v) is 15.5. The number of amides is 2. The topological polar surface area (TPSA) is 100 Å². The van der Waals surface area contributed by atoms with E-state index in [1.54, 1.807) is 0 Å². The molecule has 26 heavy (non-hydrogen) atoms. The smallest absolute Gasteiger partial charge is 0.267 e. The predicted octanol–water partition coefficient (Wildman–Crippen LogP) is 2.29. The SMILES string of the molecule is Cc1cc(C)c2[nH]c(C(=O)N[C@H]3CC[C@H](NC(=O)CCN)CC3)cc2c1. The van der Waals surface area contributed by atoms with Crippen LogP contribution < -0.4 is 16.4 Å². The van der Waals surface area contributed by atoms with E-state index in [0.717, 1.165) is 42.1 Å². The van der Waals surface area contributed by atoms with E-state index in [1.807, 2.05) is 13.0 Å². The maximum absolute atomic E-state index is 12.6. The van der Waals surface area contributed by atoms with Crippen molar-refractivity contribution in [2.24, 2.45) is 5.73 Å². The molecule has 0 spiro atoms. The van der Waals surface area contributed by atoms with Crippen LogP contribution in [-0.4, -0.2) is 35.4 Å². The van der Waals surface area contributed by atoms with Gasteiger partial charge in [0.25, 0.3) is 5.91 Å². The number of H-pyrrole nitrogens is 1. The first-order valence-electron chi connectivity index (χ1n) is 9.36. The number of carbonyl (C=O) groups is 2. The summed E-state index contributed by atoms with van der Waals surface area (Å²) in [6.07, 6.45) is 3.88. The van der Waals surface area contributed by atoms with Gasteiger partial charge in [-0.15, -0.1) is 0 Å². The molecule has 0 unspecified atom stereocenters. The summed E-state index contributed by atoms with van der Waals surface area (Å²) in [7, 11) is 0. The lowest BCUT2D eigenvalue weighted by molar-refractivity contribution is -0.121. The summed E-state index contributed by atoms with van der Waals surface area (Å²) >= 11 is 0. The molecule has 0 bridgehead atoms. The Hall–Kier alpha value is -2.34. The molecule has 2 amide bonds. The van der Waals surface area contributed by atoms with E-state index in [2.05, 4.69) is 34.7 Å². The zero-order valence-electron chi connectivity index (χ0n) is 15.5. The zero-order chi connectivity index (χ0) is 18.7. The highest BCUT2D eigenvalue weighted by Crippen LogP contribution is 2.22. The van der Waals surface area contributed by atoms with Crippen molar-refractivity contribution in [3.05, 3.63) is 35.0 Å². The maximum Gasteiger partial charge on any atom is 0.267 e. The quantitative estimate of drug-likeness (QED) is 0.661. The number of fused-ring (bicyclic) bond motifs is 1. The van der Waals surface area contributed by atoms with Crippen molar-refractivity contribution in [1.29, 1.82) is 0 Å². The summed E-state index contributed by atoms with van der Waals surface area (Å²) in [5, 5.41) is 7.21. The van der Waals surface area contributed by atoms with Crippen molar-refractivity contribution in [3.8, 4) is 0 Å². The number of nitrogens with two attached hydrogens (primary N) is 1. The molecule has 3 rings (SSSR count). The fraction of sp³-hybridized carbons (Fsp3) is 0.500. The largest absolute Gasteiger partial charge is 0.353 e. The van der Waals surface area contributed by atoms with Gasteiger partial charge in [0.05, 0.1) is 0 Å². The number of carbonyl (C=O) groups excluding carboxylic acids is 2. The number of hydrogen-bond donors (Lipinski definition) is 4. The molecule has 6 nitrogen and oxygen atoms in total. The van der Waals surface area contributed by atoms with Crippen LogP contribution in [0.15, 0.2) is 18.2 Å². The summed E-state index contributed by atoms with van der Waals surface area (Å²) < 4.78 is 0. The second kappa shape index (κ2) is 7.91. The van der Waals surface area contributed by atoms with Gasteiger partial charge in [-0.05, 0) is 57.2 Å². The molecule has 1 heterocycles. The Balaban J connectivity index is 1.56. The molecular weight excluding hydrogens is 328 g/mol. The number of benzene rings is 1. The van der Waals surface area contributed by atoms with Crippen LogP contribution in [0.25, 0.3) is 10.9 Å². The predicted molar refractivity (Wildman–Crippen MR) is 103 cm³/mol. The molecule has 1 aromatic carbocycles. The van der Waals surface area contributed by atoms with Gasteiger partial charge >= 0.3 is 0 Å². The van der Waals surface area contributed by atoms with Gasteiger partial charge in [0.15, 0.2) is 0 Å². The van der Waals surface area contributed by atoms with E-state index < -0.39 is 0 Å². The minimum atomic E-state index is -0.0612. The Kier molecular flexibility index (Phi) is 5.61. The molecule has 0 saturated heterocycles. The van der Waals surface area contributed by atoms with Crippen molar-refractivity contribution in [3.63, 3.8) is 0 Å². The van der Waals surface area contributed by atoms with Crippen molar-refractivity contribution in [1.82, 2.24) is 15.6 Å². The number of nitrogens with one attached hydrogen (secondary N) is 3. The van der Waals surface area contributed by atoms with Gasteiger partial charge in [0, 0.05) is 36.0 Å². The van der Waals surface area contributed by atoms with Crippen LogP contribution in [-0.2, 0) is 4.79 Å². The van der Waals surface area contributed by atoms with Gasteiger partial charge in [-0.1, -0.05) is 11.6 Å². The second-order valence-corrected chi connectivity index (χ2v) is 7.36. The highest BCUT2D eigenvalue weighted by Gasteiger charge is 2.24. The number of hydrogen-bond acceptors (Lipinski definition) is 3. The minimum Gasteiger partial charge on any atom is -0.353 e. The summed E-state index contributed by atoms with van der Waals surface area (Å²) in [6, 6.07) is 6.47. The van der Waals surface area contributed by atoms with Gasteiger partial charge in [-0.3, -0.25) is 9.59 Å². The Morgan fingerprint density at radius 3 is 2.38 bits per heavy atom. The first-order chi connectivity index (χ1) is 12.5. The molecule has 5 N–H and O–H groups in total. The Morgan fingerprint density at radius 1 is 1.08 bits per heavy atom. The van der Waals surface area contributed by atoms with Crippen LogP contribution >= 0.6 is 0 Å². The molecule has 140 valence electrons. The molecule has 0 atom stereocenters. The molecule has 6 heteroatoms. The van der Waals surface area contributed by atoms with Gasteiger partial charge in [-0.25, -0.2) is 0 Å². The number of aryl methyl sites for hydroxylation is 2. The van der Waals surface area contributed by atoms with Crippen molar-refractivity contribution in [2.75, 3.05) is 6.54 Å². The van der Waals surface area contributed by atoms with Crippen LogP contribution in [0.1, 0.15) is 53.7 Å². The average Bonchev–Trinajstić information content (AvgIpc) is 3.01. The van der Waals surface area contributed by atoms with Gasteiger partial charge in [0.2, 0.25) is 5.91 Å². The maximum atomic E-state index is 12.6. The minimum absolute atomic E-state index is 0.0173. The van der Waals surface area contributed by atoms with E-state index in [9.17, 15) is 9.59 Å². The Labute approximate surface area is 153 Å². The Bertz CT molecular complexity index is 803. The highest BCUT2D eigenvalue weighted by molar-refractivity contribution is 5.99. The van der Waals surface area contributed by atoms with E-state index in [4.69, 9.17) is 5.73 Å². The first kappa shape index (κ1) is 18.5. The normalized spacial score (nSPS) is 20.1. The van der Waals surface area contributed by atoms with Gasteiger partial charge in [-0.2, -0.15) is 0 Å². The number of aromatic nitrogens is 1. The molecule has 0 radical (unpaired) electrons. The summed E-state index contributed by atoms with van der Waals surface area (Å²) in [5.41, 5.74) is 9.36. The van der Waals surface area contributed by atoms with Gasteiger partial charge in [0.1, 0.15) is 5.69 Å². The molecule has 2 aromatic rings. The van der Waals surface area contributed by atoms with E-state index in [0.29, 0.717) is 18.7 Å². The van der Waals surface area contributed by atoms with Crippen molar-refractivity contribution >= 4 is 22.7 Å². The van der Waals surface area contributed by atoms with Crippen LogP contribution in [0, 0.1) is 13.8 Å². The lowest BCUT2D eigenvalue weighted by Gasteiger charge is -2.29. The van der Waals surface area contributed by atoms with Crippen LogP contribution in [0.2, 0.25) is 0 Å². The van der Waals surface area contributed by atoms with Crippen LogP contribution in [0.3, 0.4) is 0 Å². The molecule has 0 aliphatic heterocycles. The number of rotatable bonds is 5. The van der Waals surface area contributed by atoms with Crippen LogP contribution in [0.4, 0.5) is 0 Å².